The number of pyridine rings is 1. The molecule has 2 amide bonds. The zero-order valence-electron chi connectivity index (χ0n) is 16.0. The van der Waals surface area contributed by atoms with Gasteiger partial charge in [-0.15, -0.1) is 0 Å². The Kier molecular flexibility index (Phi) is 3.73. The minimum Gasteiger partial charge on any atom is -0.495 e. The monoisotopic (exact) mass is 393 g/mol. The summed E-state index contributed by atoms with van der Waals surface area (Å²) in [5, 5.41) is 3.83. The van der Waals surface area contributed by atoms with E-state index in [1.807, 2.05) is 16.8 Å². The molecule has 0 spiro atoms. The molecule has 1 unspecified atom stereocenters. The van der Waals surface area contributed by atoms with Crippen LogP contribution in [0.5, 0.6) is 5.75 Å². The van der Waals surface area contributed by atoms with Crippen molar-refractivity contribution in [2.45, 2.75) is 19.1 Å². The summed E-state index contributed by atoms with van der Waals surface area (Å²) in [6.07, 6.45) is 4.80. The molecule has 0 N–H and O–H groups in total. The summed E-state index contributed by atoms with van der Waals surface area (Å²) in [5.74, 6) is 0.231. The van der Waals surface area contributed by atoms with Crippen LogP contribution in [-0.2, 0) is 12.2 Å². The first-order valence-electron chi connectivity index (χ1n) is 9.27. The van der Waals surface area contributed by atoms with Gasteiger partial charge in [0.1, 0.15) is 23.3 Å². The van der Waals surface area contributed by atoms with E-state index in [4.69, 9.17) is 9.26 Å². The molecular weight excluding hydrogens is 374 g/mol. The maximum atomic E-state index is 13.5. The lowest BCUT2D eigenvalue weighted by atomic mass is 9.98. The Hall–Kier alpha value is -3.62. The van der Waals surface area contributed by atoms with Gasteiger partial charge in [0.2, 0.25) is 0 Å². The van der Waals surface area contributed by atoms with Crippen molar-refractivity contribution in [2.75, 3.05) is 20.2 Å². The highest BCUT2D eigenvalue weighted by Gasteiger charge is 2.57. The van der Waals surface area contributed by atoms with E-state index in [-0.39, 0.29) is 11.8 Å². The molecule has 2 aliphatic heterocycles. The van der Waals surface area contributed by atoms with Crippen molar-refractivity contribution in [3.8, 4) is 5.75 Å². The Bertz CT molecular complexity index is 1100. The van der Waals surface area contributed by atoms with Gasteiger partial charge in [0.25, 0.3) is 11.8 Å². The number of nitrogens with zero attached hydrogens (tertiary/aromatic N) is 5. The lowest BCUT2D eigenvalue weighted by molar-refractivity contribution is -0.00831. The minimum atomic E-state index is -1.05. The molecular formula is C20H19N5O4. The second kappa shape index (κ2) is 6.20. The summed E-state index contributed by atoms with van der Waals surface area (Å²) in [6.45, 7) is 2.90. The van der Waals surface area contributed by atoms with Crippen molar-refractivity contribution in [1.29, 1.82) is 0 Å². The average Bonchev–Trinajstić information content (AvgIpc) is 3.46. The summed E-state index contributed by atoms with van der Waals surface area (Å²) in [6, 6.07) is 7.22. The topological polar surface area (TPSA) is 93.7 Å². The molecule has 1 fully saturated rings. The number of methoxy groups -OCH3 is 1. The van der Waals surface area contributed by atoms with Crippen LogP contribution in [0, 0.1) is 6.92 Å². The molecule has 9 nitrogen and oxygen atoms in total. The zero-order chi connectivity index (χ0) is 20.2. The number of rotatable bonds is 3. The quantitative estimate of drug-likeness (QED) is 0.672. The number of carbonyl (C=O) groups is 2. The van der Waals surface area contributed by atoms with Crippen molar-refractivity contribution >= 4 is 11.8 Å². The van der Waals surface area contributed by atoms with Crippen LogP contribution in [-0.4, -0.2) is 56.5 Å². The van der Waals surface area contributed by atoms with E-state index in [9.17, 15) is 9.59 Å². The van der Waals surface area contributed by atoms with Gasteiger partial charge >= 0.3 is 0 Å². The Morgan fingerprint density at radius 3 is 2.83 bits per heavy atom. The molecule has 29 heavy (non-hydrogen) atoms. The number of ether oxygens (including phenoxy) is 1. The molecule has 9 heteroatoms. The number of carbonyl (C=O) groups excluding carboxylic acids is 2. The number of hydrogen-bond donors (Lipinski definition) is 0. The SMILES string of the molecule is COc1ccc(C23Cn4cccc4C(=O)N2CCN3C(=O)c2conc2C)nc1. The van der Waals surface area contributed by atoms with Crippen molar-refractivity contribution in [1.82, 2.24) is 24.5 Å². The molecule has 0 saturated carbocycles. The van der Waals surface area contributed by atoms with Gasteiger partial charge in [-0.3, -0.25) is 14.6 Å². The van der Waals surface area contributed by atoms with Gasteiger partial charge < -0.3 is 23.6 Å². The summed E-state index contributed by atoms with van der Waals surface area (Å²) < 4.78 is 12.1. The van der Waals surface area contributed by atoms with E-state index in [0.717, 1.165) is 0 Å². The fourth-order valence-electron chi connectivity index (χ4n) is 4.29. The number of aryl methyl sites for hydroxylation is 1. The van der Waals surface area contributed by atoms with Crippen molar-refractivity contribution in [3.05, 3.63) is 65.6 Å². The van der Waals surface area contributed by atoms with E-state index in [2.05, 4.69) is 10.1 Å². The van der Waals surface area contributed by atoms with Crippen LogP contribution in [0.4, 0.5) is 0 Å². The van der Waals surface area contributed by atoms with Crippen molar-refractivity contribution in [2.24, 2.45) is 0 Å². The molecule has 0 aliphatic carbocycles. The van der Waals surface area contributed by atoms with Crippen LogP contribution >= 0.6 is 0 Å². The van der Waals surface area contributed by atoms with Gasteiger partial charge in [0.05, 0.1) is 31.2 Å². The molecule has 3 aromatic heterocycles. The van der Waals surface area contributed by atoms with Gasteiger partial charge in [-0.1, -0.05) is 5.16 Å². The molecule has 2 aliphatic rings. The molecule has 3 aromatic rings. The van der Waals surface area contributed by atoms with Crippen LogP contribution in [0.1, 0.15) is 32.2 Å². The highest BCUT2D eigenvalue weighted by atomic mass is 16.5. The molecule has 0 bridgehead atoms. The van der Waals surface area contributed by atoms with Crippen molar-refractivity contribution in [3.63, 3.8) is 0 Å². The third-order valence-corrected chi connectivity index (χ3v) is 5.73. The van der Waals surface area contributed by atoms with Gasteiger partial charge in [-0.05, 0) is 31.2 Å². The Morgan fingerprint density at radius 2 is 2.14 bits per heavy atom. The van der Waals surface area contributed by atoms with Crippen LogP contribution in [0.3, 0.4) is 0 Å². The maximum absolute atomic E-state index is 13.5. The molecule has 1 atom stereocenters. The fraction of sp³-hybridized carbons (Fsp3) is 0.300. The van der Waals surface area contributed by atoms with Gasteiger partial charge in [0, 0.05) is 19.3 Å². The smallest absolute Gasteiger partial charge is 0.272 e. The lowest BCUT2D eigenvalue weighted by Gasteiger charge is -2.46. The molecule has 5 heterocycles. The van der Waals surface area contributed by atoms with Gasteiger partial charge in [-0.2, -0.15) is 0 Å². The predicted octanol–water partition coefficient (Wildman–Crippen LogP) is 1.65. The van der Waals surface area contributed by atoms with Crippen molar-refractivity contribution < 1.29 is 18.8 Å². The van der Waals surface area contributed by atoms with Crippen LogP contribution in [0.2, 0.25) is 0 Å². The van der Waals surface area contributed by atoms with Crippen LogP contribution in [0.25, 0.3) is 0 Å². The Morgan fingerprint density at radius 1 is 1.28 bits per heavy atom. The first-order chi connectivity index (χ1) is 14.1. The number of hydrogen-bond acceptors (Lipinski definition) is 6. The standard InChI is InChI=1S/C20H19N5O4/c1-13-15(11-29-22-13)18(26)24-8-9-25-19(27)16-4-3-7-23(16)12-20(24,25)17-6-5-14(28-2)10-21-17/h3-7,10-11H,8-9,12H2,1-2H3. The third kappa shape index (κ3) is 2.33. The first kappa shape index (κ1) is 17.5. The highest BCUT2D eigenvalue weighted by Crippen LogP contribution is 2.43. The summed E-state index contributed by atoms with van der Waals surface area (Å²) in [5.41, 5.74) is 1.05. The largest absolute Gasteiger partial charge is 0.495 e. The molecule has 0 aromatic carbocycles. The van der Waals surface area contributed by atoms with Gasteiger partial charge in [-0.25, -0.2) is 0 Å². The number of aromatic nitrogens is 3. The summed E-state index contributed by atoms with van der Waals surface area (Å²) in [4.78, 5) is 34.7. The maximum Gasteiger partial charge on any atom is 0.272 e. The molecule has 148 valence electrons. The predicted molar refractivity (Wildman–Crippen MR) is 100 cm³/mol. The second-order valence-electron chi connectivity index (χ2n) is 7.15. The van der Waals surface area contributed by atoms with E-state index in [1.54, 1.807) is 48.2 Å². The summed E-state index contributed by atoms with van der Waals surface area (Å²) >= 11 is 0. The van der Waals surface area contributed by atoms with E-state index in [1.165, 1.54) is 6.26 Å². The van der Waals surface area contributed by atoms with Crippen LogP contribution in [0.15, 0.2) is 47.4 Å². The Balaban J connectivity index is 1.69. The third-order valence-electron chi connectivity index (χ3n) is 5.73. The lowest BCUT2D eigenvalue weighted by Crippen LogP contribution is -2.60. The van der Waals surface area contributed by atoms with E-state index < -0.39 is 5.66 Å². The molecule has 5 rings (SSSR count). The van der Waals surface area contributed by atoms with Gasteiger partial charge in [0.15, 0.2) is 5.66 Å². The highest BCUT2D eigenvalue weighted by molar-refractivity contribution is 5.98. The molecule has 1 saturated heterocycles. The molecule has 0 radical (unpaired) electrons. The minimum absolute atomic E-state index is 0.129. The Labute approximate surface area is 166 Å². The van der Waals surface area contributed by atoms with Crippen LogP contribution < -0.4 is 4.74 Å². The average molecular weight is 393 g/mol. The summed E-state index contributed by atoms with van der Waals surface area (Å²) in [7, 11) is 1.57. The normalized spacial score (nSPS) is 20.6. The zero-order valence-corrected chi connectivity index (χ0v) is 16.0. The van der Waals surface area contributed by atoms with E-state index >= 15 is 0 Å². The second-order valence-corrected chi connectivity index (χ2v) is 7.15. The fourth-order valence-corrected chi connectivity index (χ4v) is 4.29. The number of amides is 2. The first-order valence-corrected chi connectivity index (χ1v) is 9.27. The van der Waals surface area contributed by atoms with E-state index in [0.29, 0.717) is 48.0 Å². The number of fused-ring (bicyclic) bond motifs is 2.